The molecule has 1 aliphatic rings. The van der Waals surface area contributed by atoms with Crippen LogP contribution in [0, 0.1) is 5.92 Å². The lowest BCUT2D eigenvalue weighted by Crippen LogP contribution is -2.54. The monoisotopic (exact) mass is 286 g/mol. The molecule has 1 rings (SSSR count). The van der Waals surface area contributed by atoms with Crippen LogP contribution in [0.2, 0.25) is 0 Å². The quantitative estimate of drug-likeness (QED) is 0.851. The fourth-order valence-electron chi connectivity index (χ4n) is 1.93. The van der Waals surface area contributed by atoms with E-state index in [0.29, 0.717) is 26.3 Å². The van der Waals surface area contributed by atoms with Crippen molar-refractivity contribution in [3.63, 3.8) is 0 Å². The number of carbonyl (C=O) groups excluding carboxylic acids is 2. The Morgan fingerprint density at radius 2 is 1.75 bits per heavy atom. The van der Waals surface area contributed by atoms with Gasteiger partial charge in [0.05, 0.1) is 13.2 Å². The zero-order valence-corrected chi connectivity index (χ0v) is 13.1. The molecule has 1 fully saturated rings. The molecule has 1 unspecified atom stereocenters. The Morgan fingerprint density at radius 3 is 2.20 bits per heavy atom. The molecule has 0 spiro atoms. The number of hydrogen-bond donors (Lipinski definition) is 1. The molecule has 0 radical (unpaired) electrons. The topological polar surface area (TPSA) is 67.9 Å². The van der Waals surface area contributed by atoms with Gasteiger partial charge in [0.2, 0.25) is 5.91 Å². The zero-order chi connectivity index (χ0) is 15.3. The number of rotatable bonds is 3. The number of nitrogens with zero attached hydrogens (tertiary/aromatic N) is 1. The molecule has 0 saturated carbocycles. The second-order valence-corrected chi connectivity index (χ2v) is 6.31. The Bertz CT molecular complexity index is 344. The lowest BCUT2D eigenvalue weighted by atomic mass is 10.0. The minimum atomic E-state index is -0.576. The van der Waals surface area contributed by atoms with Crippen molar-refractivity contribution < 1.29 is 19.1 Å². The number of hydrogen-bond acceptors (Lipinski definition) is 4. The van der Waals surface area contributed by atoms with E-state index in [9.17, 15) is 9.59 Å². The van der Waals surface area contributed by atoms with Crippen LogP contribution in [0.25, 0.3) is 0 Å². The second-order valence-electron chi connectivity index (χ2n) is 6.31. The molecule has 6 nitrogen and oxygen atoms in total. The van der Waals surface area contributed by atoms with Gasteiger partial charge in [0.25, 0.3) is 0 Å². The SMILES string of the molecule is CC(C)C(NC(=O)OC(C)(C)C)C(=O)N1CCOCC1. The van der Waals surface area contributed by atoms with Crippen molar-refractivity contribution >= 4 is 12.0 Å². The summed E-state index contributed by atoms with van der Waals surface area (Å²) in [5.41, 5.74) is -0.576. The molecule has 1 saturated heterocycles. The maximum absolute atomic E-state index is 12.4. The van der Waals surface area contributed by atoms with Gasteiger partial charge in [-0.05, 0) is 26.7 Å². The van der Waals surface area contributed by atoms with Crippen LogP contribution in [0.3, 0.4) is 0 Å². The standard InChI is InChI=1S/C14H26N2O4/c1-10(2)11(15-13(18)20-14(3,4)5)12(17)16-6-8-19-9-7-16/h10-11H,6-9H2,1-5H3,(H,15,18). The second kappa shape index (κ2) is 6.92. The lowest BCUT2D eigenvalue weighted by Gasteiger charge is -2.32. The molecule has 6 heteroatoms. The van der Waals surface area contributed by atoms with Crippen LogP contribution in [-0.4, -0.2) is 54.8 Å². The van der Waals surface area contributed by atoms with E-state index < -0.39 is 17.7 Å². The summed E-state index contributed by atoms with van der Waals surface area (Å²) < 4.78 is 10.4. The van der Waals surface area contributed by atoms with Crippen LogP contribution in [0.15, 0.2) is 0 Å². The van der Waals surface area contributed by atoms with Gasteiger partial charge in [0.15, 0.2) is 0 Å². The van der Waals surface area contributed by atoms with E-state index in [1.54, 1.807) is 25.7 Å². The first-order chi connectivity index (χ1) is 9.20. The summed E-state index contributed by atoms with van der Waals surface area (Å²) in [6.07, 6.45) is -0.558. The van der Waals surface area contributed by atoms with Crippen LogP contribution in [-0.2, 0) is 14.3 Å². The number of morpholine rings is 1. The summed E-state index contributed by atoms with van der Waals surface area (Å²) in [7, 11) is 0. The number of nitrogens with one attached hydrogen (secondary N) is 1. The van der Waals surface area contributed by atoms with Crippen LogP contribution >= 0.6 is 0 Å². The van der Waals surface area contributed by atoms with Gasteiger partial charge in [-0.3, -0.25) is 4.79 Å². The summed E-state index contributed by atoms with van der Waals surface area (Å²) >= 11 is 0. The van der Waals surface area contributed by atoms with Gasteiger partial charge in [0.1, 0.15) is 11.6 Å². The maximum atomic E-state index is 12.4. The molecule has 2 amide bonds. The highest BCUT2D eigenvalue weighted by Gasteiger charge is 2.30. The smallest absolute Gasteiger partial charge is 0.408 e. The van der Waals surface area contributed by atoms with E-state index in [-0.39, 0.29) is 11.8 Å². The Hall–Kier alpha value is -1.30. The maximum Gasteiger partial charge on any atom is 0.408 e. The molecule has 116 valence electrons. The Labute approximate surface area is 120 Å². The highest BCUT2D eigenvalue weighted by atomic mass is 16.6. The third-order valence-electron chi connectivity index (χ3n) is 2.93. The minimum absolute atomic E-state index is 0.00198. The van der Waals surface area contributed by atoms with Crippen molar-refractivity contribution in [1.82, 2.24) is 10.2 Å². The largest absolute Gasteiger partial charge is 0.444 e. The van der Waals surface area contributed by atoms with Gasteiger partial charge in [-0.2, -0.15) is 0 Å². The van der Waals surface area contributed by atoms with Gasteiger partial charge in [0, 0.05) is 13.1 Å². The van der Waals surface area contributed by atoms with Crippen LogP contribution < -0.4 is 5.32 Å². The van der Waals surface area contributed by atoms with E-state index in [1.807, 2.05) is 13.8 Å². The van der Waals surface area contributed by atoms with Crippen LogP contribution in [0.5, 0.6) is 0 Å². The average Bonchev–Trinajstić information content (AvgIpc) is 2.34. The van der Waals surface area contributed by atoms with Crippen molar-refractivity contribution in [3.8, 4) is 0 Å². The first-order valence-electron chi connectivity index (χ1n) is 7.07. The van der Waals surface area contributed by atoms with E-state index in [1.165, 1.54) is 0 Å². The molecule has 1 aliphatic heterocycles. The Kier molecular flexibility index (Phi) is 5.80. The molecule has 1 heterocycles. The molecule has 1 atom stereocenters. The van der Waals surface area contributed by atoms with Crippen molar-refractivity contribution in [1.29, 1.82) is 0 Å². The molecule has 1 N–H and O–H groups in total. The lowest BCUT2D eigenvalue weighted by molar-refractivity contribution is -0.138. The fourth-order valence-corrected chi connectivity index (χ4v) is 1.93. The molecule has 0 bridgehead atoms. The van der Waals surface area contributed by atoms with Gasteiger partial charge >= 0.3 is 6.09 Å². The highest BCUT2D eigenvalue weighted by Crippen LogP contribution is 2.11. The van der Waals surface area contributed by atoms with Crippen molar-refractivity contribution in [2.75, 3.05) is 26.3 Å². The molecule has 20 heavy (non-hydrogen) atoms. The third-order valence-corrected chi connectivity index (χ3v) is 2.93. The van der Waals surface area contributed by atoms with E-state index in [4.69, 9.17) is 9.47 Å². The molecular formula is C14H26N2O4. The summed E-state index contributed by atoms with van der Waals surface area (Å²) in [5, 5.41) is 2.68. The number of amides is 2. The number of ether oxygens (including phenoxy) is 2. The minimum Gasteiger partial charge on any atom is -0.444 e. The van der Waals surface area contributed by atoms with Gasteiger partial charge in [-0.25, -0.2) is 4.79 Å². The van der Waals surface area contributed by atoms with Crippen molar-refractivity contribution in [2.45, 2.75) is 46.3 Å². The van der Waals surface area contributed by atoms with Crippen LogP contribution in [0.4, 0.5) is 4.79 Å². The van der Waals surface area contributed by atoms with E-state index >= 15 is 0 Å². The first-order valence-corrected chi connectivity index (χ1v) is 7.07. The Morgan fingerprint density at radius 1 is 1.20 bits per heavy atom. The van der Waals surface area contributed by atoms with Crippen molar-refractivity contribution in [3.05, 3.63) is 0 Å². The molecule has 0 aromatic heterocycles. The summed E-state index contributed by atoms with van der Waals surface area (Å²) in [4.78, 5) is 26.0. The summed E-state index contributed by atoms with van der Waals surface area (Å²) in [6.45, 7) is 11.4. The van der Waals surface area contributed by atoms with Crippen LogP contribution in [0.1, 0.15) is 34.6 Å². The normalized spacial score (nSPS) is 17.8. The average molecular weight is 286 g/mol. The number of carbonyl (C=O) groups is 2. The third kappa shape index (κ3) is 5.36. The molecule has 0 aromatic carbocycles. The predicted octanol–water partition coefficient (Wildman–Crippen LogP) is 1.39. The molecular weight excluding hydrogens is 260 g/mol. The summed E-state index contributed by atoms with van der Waals surface area (Å²) in [6, 6.07) is -0.567. The van der Waals surface area contributed by atoms with Crippen molar-refractivity contribution in [2.24, 2.45) is 5.92 Å². The van der Waals surface area contributed by atoms with E-state index in [0.717, 1.165) is 0 Å². The predicted molar refractivity (Wildman–Crippen MR) is 75.4 cm³/mol. The first kappa shape index (κ1) is 16.8. The van der Waals surface area contributed by atoms with Gasteiger partial charge in [-0.1, -0.05) is 13.8 Å². The number of alkyl carbamates (subject to hydrolysis) is 1. The van der Waals surface area contributed by atoms with E-state index in [2.05, 4.69) is 5.32 Å². The highest BCUT2D eigenvalue weighted by molar-refractivity contribution is 5.86. The zero-order valence-electron chi connectivity index (χ0n) is 13.1. The summed E-state index contributed by atoms with van der Waals surface area (Å²) in [5.74, 6) is -0.0768. The van der Waals surface area contributed by atoms with Gasteiger partial charge < -0.3 is 19.7 Å². The molecule has 0 aliphatic carbocycles. The Balaban J connectivity index is 2.63. The van der Waals surface area contributed by atoms with Gasteiger partial charge in [-0.15, -0.1) is 0 Å². The molecule has 0 aromatic rings. The fraction of sp³-hybridized carbons (Fsp3) is 0.857.